The van der Waals surface area contributed by atoms with Gasteiger partial charge in [0.1, 0.15) is 15.4 Å². The van der Waals surface area contributed by atoms with Gasteiger partial charge in [0.05, 0.1) is 10.2 Å². The minimum absolute atomic E-state index is 0. The topological polar surface area (TPSA) is 78.6 Å². The van der Waals surface area contributed by atoms with Crippen LogP contribution < -0.4 is 11.2 Å². The van der Waals surface area contributed by atoms with Gasteiger partial charge in [-0.15, -0.1) is 36.2 Å². The lowest BCUT2D eigenvalue weighted by atomic mass is 10.3. The summed E-state index contributed by atoms with van der Waals surface area (Å²) < 4.78 is 1.26. The fourth-order valence-electron chi connectivity index (χ4n) is 1.53. The van der Waals surface area contributed by atoms with E-state index < -0.39 is 11.2 Å². The molecule has 0 fully saturated rings. The Bertz CT molecular complexity index is 823. The lowest BCUT2D eigenvalue weighted by molar-refractivity contribution is 1.09. The zero-order valence-corrected chi connectivity index (χ0v) is 11.7. The summed E-state index contributed by atoms with van der Waals surface area (Å²) in [5, 5.41) is 0.327. The number of thiophene rings is 1. The van der Waals surface area contributed by atoms with E-state index >= 15 is 0 Å². The number of halogens is 3. The maximum Gasteiger partial charge on any atom is 0.326 e. The Morgan fingerprint density at radius 1 is 1.17 bits per heavy atom. The van der Waals surface area contributed by atoms with Crippen molar-refractivity contribution in [2.24, 2.45) is 0 Å². The molecular weight excluding hydrogens is 321 g/mol. The molecule has 5 nitrogen and oxygen atoms in total. The molecule has 3 aromatic rings. The normalized spacial score (nSPS) is 10.1. The first-order valence-corrected chi connectivity index (χ1v) is 5.56. The molecule has 0 unspecified atom stereocenters. The number of pyridine rings is 1. The maximum atomic E-state index is 11.5. The Balaban J connectivity index is 0.000000810. The van der Waals surface area contributed by atoms with E-state index in [9.17, 15) is 9.59 Å². The molecule has 0 bridgehead atoms. The van der Waals surface area contributed by atoms with E-state index in [-0.39, 0.29) is 24.8 Å². The second-order valence-electron chi connectivity index (χ2n) is 3.20. The molecule has 3 rings (SSSR count). The van der Waals surface area contributed by atoms with Crippen LogP contribution in [-0.4, -0.2) is 15.0 Å². The van der Waals surface area contributed by atoms with Crippen molar-refractivity contribution in [3.05, 3.63) is 38.1 Å². The molecule has 0 aliphatic carbocycles. The summed E-state index contributed by atoms with van der Waals surface area (Å²) in [6, 6.07) is 3.42. The second kappa shape index (κ2) is 5.27. The van der Waals surface area contributed by atoms with Crippen LogP contribution in [-0.2, 0) is 0 Å². The standard InChI is InChI=1S/C9H4ClN3O2S.2ClH/c10-4-2-1-3-5(11-4)6-7(16-3)8(14)13-9(15)12-6;;/h1-2H,(H2,12,13,14,15);2*1H. The van der Waals surface area contributed by atoms with Crippen molar-refractivity contribution in [3.63, 3.8) is 0 Å². The summed E-state index contributed by atoms with van der Waals surface area (Å²) in [6.07, 6.45) is 0. The maximum absolute atomic E-state index is 11.5. The number of H-pyrrole nitrogens is 2. The highest BCUT2D eigenvalue weighted by molar-refractivity contribution is 7.25. The minimum Gasteiger partial charge on any atom is -0.304 e. The number of nitrogens with zero attached hydrogens (tertiary/aromatic N) is 1. The summed E-state index contributed by atoms with van der Waals surface area (Å²) in [7, 11) is 0. The summed E-state index contributed by atoms with van der Waals surface area (Å²) in [6.45, 7) is 0. The van der Waals surface area contributed by atoms with Crippen LogP contribution >= 0.6 is 47.8 Å². The van der Waals surface area contributed by atoms with Gasteiger partial charge in [0.15, 0.2) is 0 Å². The fraction of sp³-hybridized carbons (Fsp3) is 0. The highest BCUT2D eigenvalue weighted by atomic mass is 35.5. The van der Waals surface area contributed by atoms with Crippen molar-refractivity contribution in [1.82, 2.24) is 15.0 Å². The van der Waals surface area contributed by atoms with Crippen molar-refractivity contribution in [3.8, 4) is 0 Å². The van der Waals surface area contributed by atoms with Crippen molar-refractivity contribution in [1.29, 1.82) is 0 Å². The van der Waals surface area contributed by atoms with Gasteiger partial charge < -0.3 is 4.98 Å². The molecule has 0 aliphatic rings. The Morgan fingerprint density at radius 3 is 2.61 bits per heavy atom. The van der Waals surface area contributed by atoms with Crippen molar-refractivity contribution >= 4 is 68.2 Å². The van der Waals surface area contributed by atoms with Crippen LogP contribution in [0.1, 0.15) is 0 Å². The monoisotopic (exact) mass is 325 g/mol. The number of rotatable bonds is 0. The zero-order chi connectivity index (χ0) is 11.3. The van der Waals surface area contributed by atoms with Crippen LogP contribution in [0.15, 0.2) is 21.7 Å². The van der Waals surface area contributed by atoms with Crippen molar-refractivity contribution in [2.45, 2.75) is 0 Å². The minimum atomic E-state index is -0.543. The first kappa shape index (κ1) is 15.0. The van der Waals surface area contributed by atoms with E-state index in [0.29, 0.717) is 20.9 Å². The Labute approximate surface area is 121 Å². The number of nitrogens with one attached hydrogen (secondary N) is 2. The first-order chi connectivity index (χ1) is 7.65. The van der Waals surface area contributed by atoms with E-state index in [1.807, 2.05) is 0 Å². The van der Waals surface area contributed by atoms with Gasteiger partial charge in [-0.1, -0.05) is 11.6 Å². The van der Waals surface area contributed by atoms with Crippen LogP contribution in [0, 0.1) is 0 Å². The zero-order valence-electron chi connectivity index (χ0n) is 8.52. The van der Waals surface area contributed by atoms with E-state index in [1.165, 1.54) is 11.3 Å². The number of hydrogen-bond acceptors (Lipinski definition) is 4. The quantitative estimate of drug-likeness (QED) is 0.622. The van der Waals surface area contributed by atoms with Crippen molar-refractivity contribution in [2.75, 3.05) is 0 Å². The molecule has 96 valence electrons. The lowest BCUT2D eigenvalue weighted by Gasteiger charge is -1.90. The van der Waals surface area contributed by atoms with Crippen LogP contribution in [0.3, 0.4) is 0 Å². The summed E-state index contributed by atoms with van der Waals surface area (Å²) in [5.74, 6) is 0. The van der Waals surface area contributed by atoms with Crippen molar-refractivity contribution < 1.29 is 0 Å². The molecule has 0 saturated carbocycles. The number of fused-ring (bicyclic) bond motifs is 3. The van der Waals surface area contributed by atoms with E-state index in [2.05, 4.69) is 15.0 Å². The predicted molar refractivity (Wildman–Crippen MR) is 77.9 cm³/mol. The molecule has 3 aromatic heterocycles. The first-order valence-electron chi connectivity index (χ1n) is 4.36. The largest absolute Gasteiger partial charge is 0.326 e. The molecule has 0 spiro atoms. The second-order valence-corrected chi connectivity index (χ2v) is 4.63. The average Bonchev–Trinajstić information content (AvgIpc) is 2.57. The molecule has 3 heterocycles. The van der Waals surface area contributed by atoms with Crippen LogP contribution in [0.25, 0.3) is 20.4 Å². The average molecular weight is 327 g/mol. The third-order valence-corrected chi connectivity index (χ3v) is 3.53. The lowest BCUT2D eigenvalue weighted by Crippen LogP contribution is -2.20. The smallest absolute Gasteiger partial charge is 0.304 e. The van der Waals surface area contributed by atoms with E-state index in [1.54, 1.807) is 12.1 Å². The van der Waals surface area contributed by atoms with Gasteiger partial charge in [0.25, 0.3) is 5.56 Å². The van der Waals surface area contributed by atoms with Gasteiger partial charge in [-0.05, 0) is 12.1 Å². The molecule has 18 heavy (non-hydrogen) atoms. The molecule has 9 heteroatoms. The molecule has 0 radical (unpaired) electrons. The van der Waals surface area contributed by atoms with Gasteiger partial charge in [-0.2, -0.15) is 0 Å². The van der Waals surface area contributed by atoms with Gasteiger partial charge in [-0.3, -0.25) is 9.78 Å². The molecule has 0 aliphatic heterocycles. The SMILES string of the molecule is Cl.Cl.O=c1[nH]c(=O)c2sc3ccc(Cl)nc3c2[nH]1. The van der Waals surface area contributed by atoms with Gasteiger partial charge in [0.2, 0.25) is 0 Å². The third kappa shape index (κ3) is 2.24. The molecule has 0 aromatic carbocycles. The van der Waals surface area contributed by atoms with Crippen LogP contribution in [0.2, 0.25) is 5.15 Å². The number of aromatic amines is 2. The van der Waals surface area contributed by atoms with E-state index in [4.69, 9.17) is 11.6 Å². The van der Waals surface area contributed by atoms with E-state index in [0.717, 1.165) is 4.70 Å². The molecule has 0 atom stereocenters. The van der Waals surface area contributed by atoms with Crippen LogP contribution in [0.5, 0.6) is 0 Å². The van der Waals surface area contributed by atoms with Gasteiger partial charge in [-0.25, -0.2) is 9.78 Å². The Morgan fingerprint density at radius 2 is 1.89 bits per heavy atom. The Kier molecular flexibility index (Phi) is 4.39. The van der Waals surface area contributed by atoms with Gasteiger partial charge >= 0.3 is 5.69 Å². The highest BCUT2D eigenvalue weighted by Crippen LogP contribution is 2.28. The number of hydrogen-bond donors (Lipinski definition) is 2. The summed E-state index contributed by atoms with van der Waals surface area (Å²) >= 11 is 7.04. The predicted octanol–water partition coefficient (Wildman–Crippen LogP) is 2.32. The third-order valence-electron chi connectivity index (χ3n) is 2.17. The Hall–Kier alpha value is -1.08. The molecular formula is C9H6Cl3N3O2S. The molecule has 0 saturated heterocycles. The van der Waals surface area contributed by atoms with Gasteiger partial charge in [0, 0.05) is 0 Å². The summed E-state index contributed by atoms with van der Waals surface area (Å²) in [5.41, 5.74) is 0.0452. The molecule has 0 amide bonds. The van der Waals surface area contributed by atoms with Crippen LogP contribution in [0.4, 0.5) is 0 Å². The number of aromatic nitrogens is 3. The fourth-order valence-corrected chi connectivity index (χ4v) is 2.67. The molecule has 2 N–H and O–H groups in total. The highest BCUT2D eigenvalue weighted by Gasteiger charge is 2.10. The summed E-state index contributed by atoms with van der Waals surface area (Å²) in [4.78, 5) is 31.5.